The van der Waals surface area contributed by atoms with Crippen LogP contribution >= 0.6 is 31.9 Å². The number of alkyl halides is 1. The molecule has 0 saturated heterocycles. The molecule has 0 aliphatic carbocycles. The largest absolute Gasteiger partial charge is 0.433 e. The Morgan fingerprint density at radius 3 is 2.52 bits per heavy atom. The van der Waals surface area contributed by atoms with Crippen molar-refractivity contribution in [1.29, 1.82) is 0 Å². The summed E-state index contributed by atoms with van der Waals surface area (Å²) in [5.41, 5.74) is 1.79. The van der Waals surface area contributed by atoms with Crippen molar-refractivity contribution in [3.63, 3.8) is 0 Å². The normalized spacial score (nSPS) is 12.7. The van der Waals surface area contributed by atoms with Gasteiger partial charge in [-0.15, -0.1) is 0 Å². The fraction of sp³-hybridized carbons (Fsp3) is 0.0833. The molecule has 3 aromatic rings. The summed E-state index contributed by atoms with van der Waals surface area (Å²) in [4.78, 5) is 26.3. The number of nitrogens with zero attached hydrogens (tertiary/aromatic N) is 1. The predicted octanol–water partition coefficient (Wildman–Crippen LogP) is 3.60. The van der Waals surface area contributed by atoms with Gasteiger partial charge in [0.1, 0.15) is 10.7 Å². The van der Waals surface area contributed by atoms with Crippen molar-refractivity contribution in [2.75, 3.05) is 0 Å². The Hall–Kier alpha value is -1.87. The summed E-state index contributed by atoms with van der Waals surface area (Å²) in [6, 6.07) is 6.36. The molecule has 2 N–H and O–H groups in total. The first-order valence-corrected chi connectivity index (χ1v) is 7.46. The van der Waals surface area contributed by atoms with Gasteiger partial charge in [0.15, 0.2) is 0 Å². The second kappa shape index (κ2) is 5.15. The molecule has 0 amide bonds. The van der Waals surface area contributed by atoms with Crippen LogP contribution in [0.5, 0.6) is 0 Å². The number of fused-ring (bicyclic) bond motifs is 1. The smallest absolute Gasteiger partial charge is 0.404 e. The zero-order valence-electron chi connectivity index (χ0n) is 10.2. The topological polar surface area (TPSA) is 105 Å². The molecule has 7 nitrogen and oxygen atoms in total. The third kappa shape index (κ3) is 2.54. The first-order valence-electron chi connectivity index (χ1n) is 5.75. The molecule has 0 fully saturated rings. The molecule has 1 atom stereocenters. The van der Waals surface area contributed by atoms with Gasteiger partial charge < -0.3 is 14.4 Å². The number of H-pyrrole nitrogens is 2. The lowest BCUT2D eigenvalue weighted by molar-refractivity contribution is -0.402. The summed E-state index contributed by atoms with van der Waals surface area (Å²) in [5.74, 6) is 0.0846. The van der Waals surface area contributed by atoms with Gasteiger partial charge in [-0.25, -0.2) is 4.79 Å². The number of nitrogens with one attached hydrogen (secondary N) is 2. The molecule has 0 aliphatic heterocycles. The maximum atomic E-state index is 11.3. The van der Waals surface area contributed by atoms with Crippen LogP contribution in [0.3, 0.4) is 0 Å². The Kier molecular flexibility index (Phi) is 3.46. The number of hydrogen-bond donors (Lipinski definition) is 2. The molecular formula is C12H7Br2N3O4. The average molecular weight is 417 g/mol. The van der Waals surface area contributed by atoms with E-state index in [1.54, 1.807) is 12.1 Å². The Morgan fingerprint density at radius 1 is 1.24 bits per heavy atom. The minimum atomic E-state index is -0.592. The third-order valence-corrected chi connectivity index (χ3v) is 4.58. The quantitative estimate of drug-likeness (QED) is 0.386. The van der Waals surface area contributed by atoms with Gasteiger partial charge in [-0.05, 0) is 23.8 Å². The number of imidazole rings is 1. The van der Waals surface area contributed by atoms with E-state index in [9.17, 15) is 14.9 Å². The van der Waals surface area contributed by atoms with Gasteiger partial charge in [-0.2, -0.15) is 0 Å². The number of nitro groups is 1. The molecule has 0 radical (unpaired) electrons. The van der Waals surface area contributed by atoms with E-state index in [0.29, 0.717) is 16.8 Å². The number of benzene rings is 1. The highest BCUT2D eigenvalue weighted by Gasteiger charge is 2.21. The van der Waals surface area contributed by atoms with E-state index < -0.39 is 4.92 Å². The highest BCUT2D eigenvalue weighted by molar-refractivity contribution is 9.11. The van der Waals surface area contributed by atoms with Crippen LogP contribution in [-0.2, 0) is 0 Å². The number of rotatable bonds is 3. The number of furan rings is 1. The Labute approximate surface area is 133 Å². The zero-order chi connectivity index (χ0) is 15.1. The fourth-order valence-corrected chi connectivity index (χ4v) is 3.50. The highest BCUT2D eigenvalue weighted by atomic mass is 79.9. The molecule has 0 aliphatic rings. The SMILES string of the molecule is O=c1[nH]c2cc(Br)c(C(Br)c3ccc([N+](=O)[O-])o3)cc2[nH]1. The van der Waals surface area contributed by atoms with Crippen LogP contribution in [-0.4, -0.2) is 14.9 Å². The molecule has 1 unspecified atom stereocenters. The molecule has 1 aromatic carbocycles. The zero-order valence-corrected chi connectivity index (χ0v) is 13.4. The van der Waals surface area contributed by atoms with Gasteiger partial charge >= 0.3 is 11.6 Å². The lowest BCUT2D eigenvalue weighted by Crippen LogP contribution is -1.99. The molecule has 2 heterocycles. The maximum Gasteiger partial charge on any atom is 0.433 e. The molecule has 9 heteroatoms. The minimum Gasteiger partial charge on any atom is -0.404 e. The van der Waals surface area contributed by atoms with Crippen LogP contribution in [0.4, 0.5) is 5.88 Å². The number of aromatic nitrogens is 2. The van der Waals surface area contributed by atoms with E-state index in [-0.39, 0.29) is 16.4 Å². The molecule has 21 heavy (non-hydrogen) atoms. The first kappa shape index (κ1) is 14.1. The standard InChI is InChI=1S/C12H7Br2N3O4/c13-6-4-8-7(15-12(18)16-8)3-5(6)11(14)9-1-2-10(21-9)17(19)20/h1-4,11H,(H2,15,16,18). The van der Waals surface area contributed by atoms with Gasteiger partial charge in [0.2, 0.25) is 0 Å². The fourth-order valence-electron chi connectivity index (χ4n) is 2.00. The summed E-state index contributed by atoms with van der Waals surface area (Å²) in [5, 5.41) is 10.7. The predicted molar refractivity (Wildman–Crippen MR) is 82.8 cm³/mol. The molecule has 0 saturated carbocycles. The van der Waals surface area contributed by atoms with Crippen LogP contribution in [0.2, 0.25) is 0 Å². The van der Waals surface area contributed by atoms with Crippen molar-refractivity contribution in [2.24, 2.45) is 0 Å². The molecular weight excluding hydrogens is 410 g/mol. The van der Waals surface area contributed by atoms with E-state index in [2.05, 4.69) is 41.8 Å². The molecule has 108 valence electrons. The second-order valence-corrected chi connectivity index (χ2v) is 6.06. The number of hydrogen-bond acceptors (Lipinski definition) is 4. The van der Waals surface area contributed by atoms with Gasteiger partial charge in [0.05, 0.1) is 21.9 Å². The monoisotopic (exact) mass is 415 g/mol. The average Bonchev–Trinajstić information content (AvgIpc) is 3.02. The minimum absolute atomic E-state index is 0.297. The summed E-state index contributed by atoms with van der Waals surface area (Å²) < 4.78 is 5.93. The van der Waals surface area contributed by atoms with Crippen molar-refractivity contribution >= 4 is 48.8 Å². The lowest BCUT2D eigenvalue weighted by atomic mass is 10.1. The highest BCUT2D eigenvalue weighted by Crippen LogP contribution is 2.38. The molecule has 3 rings (SSSR count). The number of aromatic amines is 2. The van der Waals surface area contributed by atoms with Gasteiger partial charge in [-0.3, -0.25) is 10.1 Å². The number of halogens is 2. The van der Waals surface area contributed by atoms with Crippen LogP contribution in [0, 0.1) is 10.1 Å². The van der Waals surface area contributed by atoms with Crippen molar-refractivity contribution in [1.82, 2.24) is 9.97 Å². The van der Waals surface area contributed by atoms with E-state index in [1.165, 1.54) is 12.1 Å². The van der Waals surface area contributed by atoms with Crippen LogP contribution in [0.15, 0.2) is 37.9 Å². The van der Waals surface area contributed by atoms with Crippen LogP contribution in [0.25, 0.3) is 11.0 Å². The van der Waals surface area contributed by atoms with Crippen molar-refractivity contribution in [2.45, 2.75) is 4.83 Å². The second-order valence-electron chi connectivity index (χ2n) is 4.29. The van der Waals surface area contributed by atoms with E-state index in [0.717, 1.165) is 10.0 Å². The van der Waals surface area contributed by atoms with Gasteiger partial charge in [0, 0.05) is 4.47 Å². The Balaban J connectivity index is 2.07. The summed E-state index contributed by atoms with van der Waals surface area (Å²) >= 11 is 6.87. The van der Waals surface area contributed by atoms with Crippen LogP contribution in [0.1, 0.15) is 16.2 Å². The van der Waals surface area contributed by atoms with Crippen molar-refractivity contribution < 1.29 is 9.34 Å². The van der Waals surface area contributed by atoms with E-state index >= 15 is 0 Å². The summed E-state index contributed by atoms with van der Waals surface area (Å²) in [6.45, 7) is 0. The Morgan fingerprint density at radius 2 is 1.90 bits per heavy atom. The van der Waals surface area contributed by atoms with Gasteiger partial charge in [-0.1, -0.05) is 31.9 Å². The maximum absolute atomic E-state index is 11.3. The lowest BCUT2D eigenvalue weighted by Gasteiger charge is -2.09. The molecule has 0 bridgehead atoms. The summed E-state index contributed by atoms with van der Waals surface area (Å²) in [6.07, 6.45) is 0. The molecule has 0 spiro atoms. The summed E-state index contributed by atoms with van der Waals surface area (Å²) in [7, 11) is 0. The third-order valence-electron chi connectivity index (χ3n) is 2.95. The van der Waals surface area contributed by atoms with Gasteiger partial charge in [0.25, 0.3) is 0 Å². The van der Waals surface area contributed by atoms with Crippen LogP contribution < -0.4 is 5.69 Å². The van der Waals surface area contributed by atoms with E-state index in [1.807, 2.05) is 0 Å². The Bertz CT molecular complexity index is 895. The van der Waals surface area contributed by atoms with Crippen molar-refractivity contribution in [3.8, 4) is 0 Å². The molecule has 2 aromatic heterocycles. The first-order chi connectivity index (χ1) is 9.95. The van der Waals surface area contributed by atoms with E-state index in [4.69, 9.17) is 4.42 Å². The van der Waals surface area contributed by atoms with Crippen molar-refractivity contribution in [3.05, 3.63) is 60.7 Å².